The van der Waals surface area contributed by atoms with Gasteiger partial charge in [0.05, 0.1) is 0 Å². The lowest BCUT2D eigenvalue weighted by molar-refractivity contribution is -0.0817. The van der Waals surface area contributed by atoms with Crippen LogP contribution in [0, 0.1) is 0 Å². The standard InChI is InChI=1S/C23H24O2Si/c1-3-24-23(25-4-2)26-16-13-14-21-19-11-6-5-9-17(19)18-10-7-8-12-20(18)22(21)15-16/h5-15,23H,3-4,26H2,1-2H3. The summed E-state index contributed by atoms with van der Waals surface area (Å²) in [5.41, 5.74) is 0. The molecule has 4 rings (SSSR count). The summed E-state index contributed by atoms with van der Waals surface area (Å²) < 4.78 is 11.6. The topological polar surface area (TPSA) is 18.5 Å². The van der Waals surface area contributed by atoms with E-state index in [1.54, 1.807) is 0 Å². The Morgan fingerprint density at radius 2 is 1.12 bits per heavy atom. The summed E-state index contributed by atoms with van der Waals surface area (Å²) in [7, 11) is -0.670. The van der Waals surface area contributed by atoms with Gasteiger partial charge in [-0.15, -0.1) is 0 Å². The maximum Gasteiger partial charge on any atom is 0.139 e. The highest BCUT2D eigenvalue weighted by atomic mass is 28.2. The predicted molar refractivity (Wildman–Crippen MR) is 114 cm³/mol. The van der Waals surface area contributed by atoms with E-state index in [4.69, 9.17) is 9.47 Å². The van der Waals surface area contributed by atoms with E-state index in [1.165, 1.54) is 37.5 Å². The van der Waals surface area contributed by atoms with Crippen molar-refractivity contribution in [1.29, 1.82) is 0 Å². The molecule has 2 nitrogen and oxygen atoms in total. The van der Waals surface area contributed by atoms with Gasteiger partial charge in [-0.25, -0.2) is 0 Å². The summed E-state index contributed by atoms with van der Waals surface area (Å²) in [4.78, 5) is 0. The van der Waals surface area contributed by atoms with E-state index in [0.717, 1.165) is 0 Å². The first kappa shape index (κ1) is 17.2. The lowest BCUT2D eigenvalue weighted by Crippen LogP contribution is -2.33. The van der Waals surface area contributed by atoms with Crippen LogP contribution in [0.25, 0.3) is 32.3 Å². The second kappa shape index (κ2) is 7.58. The molecule has 0 unspecified atom stereocenters. The summed E-state index contributed by atoms with van der Waals surface area (Å²) in [6, 6.07) is 24.3. The van der Waals surface area contributed by atoms with E-state index in [9.17, 15) is 0 Å². The van der Waals surface area contributed by atoms with Gasteiger partial charge in [-0.05, 0) is 46.2 Å². The monoisotopic (exact) mass is 360 g/mol. The van der Waals surface area contributed by atoms with Crippen LogP contribution in [0.3, 0.4) is 0 Å². The van der Waals surface area contributed by atoms with Crippen molar-refractivity contribution < 1.29 is 9.47 Å². The maximum atomic E-state index is 5.80. The van der Waals surface area contributed by atoms with E-state index in [2.05, 4.69) is 66.7 Å². The third-order valence-electron chi connectivity index (χ3n) is 4.92. The van der Waals surface area contributed by atoms with Gasteiger partial charge in [-0.2, -0.15) is 0 Å². The molecule has 0 heterocycles. The Labute approximate surface area is 156 Å². The number of hydrogen-bond acceptors (Lipinski definition) is 2. The summed E-state index contributed by atoms with van der Waals surface area (Å²) in [6.07, 6.45) is 0. The lowest BCUT2D eigenvalue weighted by Gasteiger charge is -2.17. The molecule has 0 saturated heterocycles. The van der Waals surface area contributed by atoms with Crippen LogP contribution in [0.2, 0.25) is 0 Å². The fraction of sp³-hybridized carbons (Fsp3) is 0.217. The molecule has 4 aromatic rings. The fourth-order valence-corrected chi connectivity index (χ4v) is 5.48. The molecule has 0 aliphatic carbocycles. The smallest absolute Gasteiger partial charge is 0.139 e. The van der Waals surface area contributed by atoms with Crippen LogP contribution in [-0.4, -0.2) is 28.6 Å². The molecule has 0 atom stereocenters. The molecular formula is C23H24O2Si. The quantitative estimate of drug-likeness (QED) is 0.290. The zero-order valence-corrected chi connectivity index (χ0v) is 16.8. The minimum atomic E-state index is -0.670. The van der Waals surface area contributed by atoms with Gasteiger partial charge in [-0.3, -0.25) is 0 Å². The Kier molecular flexibility index (Phi) is 5.02. The van der Waals surface area contributed by atoms with Crippen LogP contribution >= 0.6 is 0 Å². The highest BCUT2D eigenvalue weighted by Crippen LogP contribution is 2.34. The Morgan fingerprint density at radius 3 is 1.62 bits per heavy atom. The molecule has 132 valence electrons. The van der Waals surface area contributed by atoms with Gasteiger partial charge < -0.3 is 9.47 Å². The predicted octanol–water partition coefficient (Wildman–Crippen LogP) is 4.30. The Balaban J connectivity index is 1.90. The SMILES string of the molecule is CCOC(OCC)[SiH2]c1ccc2c3ccccc3c3ccccc3c2c1. The van der Waals surface area contributed by atoms with E-state index < -0.39 is 9.52 Å². The molecule has 0 amide bonds. The Morgan fingerprint density at radius 1 is 0.654 bits per heavy atom. The average molecular weight is 361 g/mol. The van der Waals surface area contributed by atoms with E-state index in [0.29, 0.717) is 13.2 Å². The first-order chi connectivity index (χ1) is 12.8. The molecule has 0 aliphatic rings. The summed E-state index contributed by atoms with van der Waals surface area (Å²) in [6.45, 7) is 5.44. The van der Waals surface area contributed by atoms with Gasteiger partial charge in [0.1, 0.15) is 15.4 Å². The molecular weight excluding hydrogens is 336 g/mol. The minimum Gasteiger partial charge on any atom is -0.357 e. The summed E-state index contributed by atoms with van der Waals surface area (Å²) in [5, 5.41) is 9.31. The van der Waals surface area contributed by atoms with Gasteiger partial charge >= 0.3 is 0 Å². The molecule has 4 aromatic carbocycles. The van der Waals surface area contributed by atoms with E-state index in [1.807, 2.05) is 13.8 Å². The van der Waals surface area contributed by atoms with Gasteiger partial charge in [-0.1, -0.05) is 71.9 Å². The summed E-state index contributed by atoms with van der Waals surface area (Å²) in [5.74, 6) is -0.0471. The van der Waals surface area contributed by atoms with Crippen LogP contribution in [0.4, 0.5) is 0 Å². The van der Waals surface area contributed by atoms with Gasteiger partial charge in [0.2, 0.25) is 0 Å². The molecule has 26 heavy (non-hydrogen) atoms. The molecule has 0 fully saturated rings. The molecule has 0 bridgehead atoms. The highest BCUT2D eigenvalue weighted by molar-refractivity contribution is 6.55. The van der Waals surface area contributed by atoms with Crippen molar-refractivity contribution in [3.63, 3.8) is 0 Å². The number of hydrogen-bond donors (Lipinski definition) is 0. The first-order valence-electron chi connectivity index (χ1n) is 9.37. The number of fused-ring (bicyclic) bond motifs is 6. The van der Waals surface area contributed by atoms with E-state index >= 15 is 0 Å². The first-order valence-corrected chi connectivity index (χ1v) is 10.9. The molecule has 0 aliphatic heterocycles. The van der Waals surface area contributed by atoms with Crippen LogP contribution in [0.15, 0.2) is 66.7 Å². The van der Waals surface area contributed by atoms with Crippen molar-refractivity contribution in [2.24, 2.45) is 0 Å². The second-order valence-corrected chi connectivity index (χ2v) is 8.41. The van der Waals surface area contributed by atoms with Crippen LogP contribution < -0.4 is 5.19 Å². The van der Waals surface area contributed by atoms with E-state index in [-0.39, 0.29) is 5.91 Å². The highest BCUT2D eigenvalue weighted by Gasteiger charge is 2.13. The van der Waals surface area contributed by atoms with Crippen molar-refractivity contribution in [1.82, 2.24) is 0 Å². The van der Waals surface area contributed by atoms with Crippen LogP contribution in [-0.2, 0) is 9.47 Å². The van der Waals surface area contributed by atoms with Crippen molar-refractivity contribution in [3.8, 4) is 0 Å². The van der Waals surface area contributed by atoms with Crippen molar-refractivity contribution in [2.75, 3.05) is 13.2 Å². The summed E-state index contributed by atoms with van der Waals surface area (Å²) >= 11 is 0. The molecule has 0 saturated carbocycles. The number of benzene rings is 4. The van der Waals surface area contributed by atoms with Crippen molar-refractivity contribution in [2.45, 2.75) is 19.8 Å². The Hall–Kier alpha value is -2.20. The zero-order valence-electron chi connectivity index (χ0n) is 15.4. The van der Waals surface area contributed by atoms with Gasteiger partial charge in [0.15, 0.2) is 0 Å². The minimum absolute atomic E-state index is 0.0471. The largest absolute Gasteiger partial charge is 0.357 e. The zero-order chi connectivity index (χ0) is 17.9. The van der Waals surface area contributed by atoms with Crippen LogP contribution in [0.1, 0.15) is 13.8 Å². The molecule has 3 heteroatoms. The van der Waals surface area contributed by atoms with Crippen molar-refractivity contribution in [3.05, 3.63) is 66.7 Å². The average Bonchev–Trinajstić information content (AvgIpc) is 2.68. The molecule has 0 spiro atoms. The number of ether oxygens (including phenoxy) is 2. The third kappa shape index (κ3) is 3.14. The second-order valence-electron chi connectivity index (χ2n) is 6.52. The lowest BCUT2D eigenvalue weighted by atomic mass is 9.94. The normalized spacial score (nSPS) is 12.3. The van der Waals surface area contributed by atoms with Gasteiger partial charge in [0, 0.05) is 13.2 Å². The Bertz CT molecular complexity index is 1020. The van der Waals surface area contributed by atoms with Crippen molar-refractivity contribution >= 4 is 47.0 Å². The molecule has 0 N–H and O–H groups in total. The number of rotatable bonds is 6. The fourth-order valence-electron chi connectivity index (χ4n) is 3.81. The third-order valence-corrected chi connectivity index (χ3v) is 6.63. The van der Waals surface area contributed by atoms with Gasteiger partial charge in [0.25, 0.3) is 0 Å². The maximum absolute atomic E-state index is 5.80. The molecule has 0 radical (unpaired) electrons. The molecule has 0 aromatic heterocycles. The van der Waals surface area contributed by atoms with Crippen LogP contribution in [0.5, 0.6) is 0 Å².